The normalized spacial score (nSPS) is 11.0. The van der Waals surface area contributed by atoms with Crippen LogP contribution in [0.15, 0.2) is 6.33 Å². The van der Waals surface area contributed by atoms with Crippen molar-refractivity contribution in [3.05, 3.63) is 12.2 Å². The van der Waals surface area contributed by atoms with Crippen LogP contribution in [0.2, 0.25) is 0 Å². The average molecular weight is 223 g/mol. The molecule has 90 valence electrons. The molecule has 4 heteroatoms. The van der Waals surface area contributed by atoms with Gasteiger partial charge in [0.15, 0.2) is 0 Å². The lowest BCUT2D eigenvalue weighted by molar-refractivity contribution is -0.119. The lowest BCUT2D eigenvalue weighted by atomic mass is 10.1. The van der Waals surface area contributed by atoms with Gasteiger partial charge in [-0.3, -0.25) is 4.79 Å². The zero-order valence-corrected chi connectivity index (χ0v) is 10.4. The van der Waals surface area contributed by atoms with Crippen LogP contribution in [0.3, 0.4) is 0 Å². The summed E-state index contributed by atoms with van der Waals surface area (Å²) in [6.45, 7) is 7.19. The van der Waals surface area contributed by atoms with Crippen LogP contribution in [-0.2, 0) is 17.8 Å². The maximum atomic E-state index is 11.4. The van der Waals surface area contributed by atoms with E-state index in [4.69, 9.17) is 0 Å². The fourth-order valence-corrected chi connectivity index (χ4v) is 1.64. The Bertz CT molecular complexity index is 331. The van der Waals surface area contributed by atoms with Gasteiger partial charge in [0.1, 0.15) is 17.9 Å². The highest BCUT2D eigenvalue weighted by atomic mass is 16.1. The summed E-state index contributed by atoms with van der Waals surface area (Å²) in [5, 5.41) is 4.17. The number of hydrogen-bond acceptors (Lipinski definition) is 3. The highest BCUT2D eigenvalue weighted by Gasteiger charge is 2.08. The molecule has 0 radical (unpaired) electrons. The first-order valence-electron chi connectivity index (χ1n) is 6.01. The molecule has 0 bridgehead atoms. The number of Topliss-reactive ketones (excluding diaryl/α,β-unsaturated/α-hetero) is 1. The summed E-state index contributed by atoms with van der Waals surface area (Å²) in [5.41, 5.74) is 0. The maximum Gasteiger partial charge on any atom is 0.138 e. The molecule has 0 spiro atoms. The van der Waals surface area contributed by atoms with E-state index in [0.717, 1.165) is 18.8 Å². The lowest BCUT2D eigenvalue weighted by Gasteiger charge is -2.07. The molecule has 0 saturated heterocycles. The second kappa shape index (κ2) is 6.40. The van der Waals surface area contributed by atoms with Crippen LogP contribution in [0.25, 0.3) is 0 Å². The van der Waals surface area contributed by atoms with Gasteiger partial charge in [0.2, 0.25) is 0 Å². The molecule has 4 nitrogen and oxygen atoms in total. The summed E-state index contributed by atoms with van der Waals surface area (Å²) in [4.78, 5) is 15.6. The Morgan fingerprint density at radius 1 is 1.44 bits per heavy atom. The molecule has 0 atom stereocenters. The van der Waals surface area contributed by atoms with Gasteiger partial charge in [-0.05, 0) is 12.3 Å². The van der Waals surface area contributed by atoms with E-state index in [1.54, 1.807) is 6.33 Å². The molecule has 1 aromatic rings. The highest BCUT2D eigenvalue weighted by molar-refractivity contribution is 5.78. The van der Waals surface area contributed by atoms with Crippen molar-refractivity contribution in [1.82, 2.24) is 14.8 Å². The van der Waals surface area contributed by atoms with Crippen molar-refractivity contribution < 1.29 is 4.79 Å². The first-order chi connectivity index (χ1) is 7.63. The third-order valence-corrected chi connectivity index (χ3v) is 2.39. The predicted molar refractivity (Wildman–Crippen MR) is 63.1 cm³/mol. The Morgan fingerprint density at radius 3 is 2.81 bits per heavy atom. The highest BCUT2D eigenvalue weighted by Crippen LogP contribution is 2.05. The molecule has 0 aromatic carbocycles. The SMILES string of the molecule is CCCC(=O)CCc1ncnn1CC(C)C. The number of rotatable bonds is 7. The van der Waals surface area contributed by atoms with Crippen molar-refractivity contribution in [3.63, 3.8) is 0 Å². The van der Waals surface area contributed by atoms with Crippen molar-refractivity contribution in [2.24, 2.45) is 5.92 Å². The van der Waals surface area contributed by atoms with Gasteiger partial charge in [-0.2, -0.15) is 5.10 Å². The molecule has 0 amide bonds. The molecular weight excluding hydrogens is 202 g/mol. The average Bonchev–Trinajstić information content (AvgIpc) is 2.62. The van der Waals surface area contributed by atoms with Gasteiger partial charge in [0, 0.05) is 25.8 Å². The van der Waals surface area contributed by atoms with Gasteiger partial charge in [-0.25, -0.2) is 9.67 Å². The molecule has 16 heavy (non-hydrogen) atoms. The van der Waals surface area contributed by atoms with E-state index >= 15 is 0 Å². The smallest absolute Gasteiger partial charge is 0.138 e. The van der Waals surface area contributed by atoms with E-state index < -0.39 is 0 Å². The summed E-state index contributed by atoms with van der Waals surface area (Å²) in [6, 6.07) is 0. The molecule has 0 fully saturated rings. The molecule has 0 aliphatic carbocycles. The van der Waals surface area contributed by atoms with Crippen molar-refractivity contribution in [3.8, 4) is 0 Å². The summed E-state index contributed by atoms with van der Waals surface area (Å²) in [7, 11) is 0. The van der Waals surface area contributed by atoms with E-state index in [9.17, 15) is 4.79 Å². The molecule has 0 aliphatic rings. The molecule has 0 unspecified atom stereocenters. The Morgan fingerprint density at radius 2 is 2.19 bits per heavy atom. The number of nitrogens with zero attached hydrogens (tertiary/aromatic N) is 3. The van der Waals surface area contributed by atoms with Crippen LogP contribution < -0.4 is 0 Å². The molecule has 0 aliphatic heterocycles. The van der Waals surface area contributed by atoms with E-state index in [1.165, 1.54) is 0 Å². The molecule has 0 saturated carbocycles. The van der Waals surface area contributed by atoms with Crippen molar-refractivity contribution >= 4 is 5.78 Å². The van der Waals surface area contributed by atoms with E-state index in [0.29, 0.717) is 31.0 Å². The van der Waals surface area contributed by atoms with E-state index in [2.05, 4.69) is 23.9 Å². The largest absolute Gasteiger partial charge is 0.300 e. The number of aromatic nitrogens is 3. The zero-order valence-electron chi connectivity index (χ0n) is 10.4. The number of ketones is 1. The van der Waals surface area contributed by atoms with Gasteiger partial charge < -0.3 is 0 Å². The summed E-state index contributed by atoms with van der Waals surface area (Å²) < 4.78 is 1.91. The number of aryl methyl sites for hydroxylation is 1. The molecule has 1 rings (SSSR count). The lowest BCUT2D eigenvalue weighted by Crippen LogP contribution is -2.11. The molecule has 0 N–H and O–H groups in total. The minimum atomic E-state index is 0.321. The summed E-state index contributed by atoms with van der Waals surface area (Å²) in [6.07, 6.45) is 4.48. The second-order valence-corrected chi connectivity index (χ2v) is 4.54. The Kier molecular flexibility index (Phi) is 5.15. The fraction of sp³-hybridized carbons (Fsp3) is 0.750. The van der Waals surface area contributed by atoms with Crippen LogP contribution in [-0.4, -0.2) is 20.5 Å². The molecule has 1 aromatic heterocycles. The van der Waals surface area contributed by atoms with Crippen LogP contribution in [0.5, 0.6) is 0 Å². The zero-order chi connectivity index (χ0) is 12.0. The van der Waals surface area contributed by atoms with Crippen LogP contribution >= 0.6 is 0 Å². The van der Waals surface area contributed by atoms with E-state index in [1.807, 2.05) is 11.6 Å². The van der Waals surface area contributed by atoms with E-state index in [-0.39, 0.29) is 0 Å². The van der Waals surface area contributed by atoms with Gasteiger partial charge >= 0.3 is 0 Å². The minimum absolute atomic E-state index is 0.321. The van der Waals surface area contributed by atoms with Gasteiger partial charge in [0.05, 0.1) is 0 Å². The van der Waals surface area contributed by atoms with Crippen LogP contribution in [0, 0.1) is 5.92 Å². The number of hydrogen-bond donors (Lipinski definition) is 0. The molecule has 1 heterocycles. The number of carbonyl (C=O) groups is 1. The van der Waals surface area contributed by atoms with Crippen molar-refractivity contribution in [1.29, 1.82) is 0 Å². The van der Waals surface area contributed by atoms with Gasteiger partial charge in [-0.1, -0.05) is 20.8 Å². The Labute approximate surface area is 97.1 Å². The Hall–Kier alpha value is -1.19. The third kappa shape index (κ3) is 4.13. The first kappa shape index (κ1) is 12.9. The van der Waals surface area contributed by atoms with Crippen molar-refractivity contribution in [2.75, 3.05) is 0 Å². The second-order valence-electron chi connectivity index (χ2n) is 4.54. The quantitative estimate of drug-likeness (QED) is 0.712. The fourth-order valence-electron chi connectivity index (χ4n) is 1.64. The minimum Gasteiger partial charge on any atom is -0.300 e. The van der Waals surface area contributed by atoms with Gasteiger partial charge in [0.25, 0.3) is 0 Å². The Balaban J connectivity index is 2.47. The molecular formula is C12H21N3O. The number of carbonyl (C=O) groups excluding carboxylic acids is 1. The first-order valence-corrected chi connectivity index (χ1v) is 6.01. The standard InChI is InChI=1S/C12H21N3O/c1-4-5-11(16)6-7-12-13-9-14-15(12)8-10(2)3/h9-10H,4-8H2,1-3H3. The monoisotopic (exact) mass is 223 g/mol. The maximum absolute atomic E-state index is 11.4. The summed E-state index contributed by atoms with van der Waals surface area (Å²) >= 11 is 0. The van der Waals surface area contributed by atoms with Crippen LogP contribution in [0.1, 0.15) is 45.9 Å². The predicted octanol–water partition coefficient (Wildman–Crippen LogP) is 2.24. The third-order valence-electron chi connectivity index (χ3n) is 2.39. The van der Waals surface area contributed by atoms with Gasteiger partial charge in [-0.15, -0.1) is 0 Å². The van der Waals surface area contributed by atoms with Crippen molar-refractivity contribution in [2.45, 2.75) is 53.0 Å². The summed E-state index contributed by atoms with van der Waals surface area (Å²) in [5.74, 6) is 1.80. The van der Waals surface area contributed by atoms with Crippen LogP contribution in [0.4, 0.5) is 0 Å². The topological polar surface area (TPSA) is 47.8 Å².